The van der Waals surface area contributed by atoms with Crippen molar-refractivity contribution < 1.29 is 23.7 Å². The third-order valence-electron chi connectivity index (χ3n) is 5.91. The van der Waals surface area contributed by atoms with Crippen LogP contribution in [0.15, 0.2) is 91.0 Å². The summed E-state index contributed by atoms with van der Waals surface area (Å²) >= 11 is 2.30. The van der Waals surface area contributed by atoms with Gasteiger partial charge in [0.15, 0.2) is 6.29 Å². The van der Waals surface area contributed by atoms with Gasteiger partial charge in [0.05, 0.1) is 19.8 Å². The lowest BCUT2D eigenvalue weighted by Crippen LogP contribution is -2.61. The first-order chi connectivity index (χ1) is 16.3. The Kier molecular flexibility index (Phi) is 7.71. The van der Waals surface area contributed by atoms with Gasteiger partial charge in [-0.25, -0.2) is 0 Å². The van der Waals surface area contributed by atoms with E-state index in [4.69, 9.17) is 23.7 Å². The van der Waals surface area contributed by atoms with E-state index >= 15 is 0 Å². The summed E-state index contributed by atoms with van der Waals surface area (Å²) in [5, 5.41) is 0. The van der Waals surface area contributed by atoms with E-state index in [0.29, 0.717) is 19.8 Å². The first kappa shape index (κ1) is 23.0. The van der Waals surface area contributed by atoms with Gasteiger partial charge in [0, 0.05) is 5.56 Å². The minimum Gasteiger partial charge on any atom is -0.368 e. The molecule has 0 aliphatic carbocycles. The Morgan fingerprint density at radius 3 is 1.85 bits per heavy atom. The molecule has 33 heavy (non-hydrogen) atoms. The molecule has 2 fully saturated rings. The first-order valence-corrected chi connectivity index (χ1v) is 12.4. The van der Waals surface area contributed by atoms with E-state index in [1.807, 2.05) is 66.7 Å². The molecule has 0 aromatic heterocycles. The maximum Gasteiger partial charge on any atom is 0.184 e. The lowest BCUT2D eigenvalue weighted by atomic mass is 9.98. The van der Waals surface area contributed by atoms with Gasteiger partial charge in [-0.1, -0.05) is 91.0 Å². The molecular weight excluding hydrogens is 531 g/mol. The Morgan fingerprint density at radius 2 is 1.24 bits per heavy atom. The summed E-state index contributed by atoms with van der Waals surface area (Å²) in [5.74, 6) is 0. The van der Waals surface area contributed by atoms with Crippen molar-refractivity contribution in [3.63, 3.8) is 0 Å². The molecule has 1 unspecified atom stereocenters. The number of fused-ring (bicyclic) bond motifs is 1. The molecule has 2 aliphatic heterocycles. The van der Waals surface area contributed by atoms with Gasteiger partial charge in [-0.15, -0.1) is 0 Å². The number of hydrogen-bond donors (Lipinski definition) is 0. The Bertz CT molecular complexity index is 987. The van der Waals surface area contributed by atoms with Crippen molar-refractivity contribution in [3.8, 4) is 0 Å². The molecule has 5 rings (SSSR count). The molecule has 0 spiro atoms. The van der Waals surface area contributed by atoms with E-state index in [1.54, 1.807) is 0 Å². The van der Waals surface area contributed by atoms with Gasteiger partial charge in [0.2, 0.25) is 0 Å². The molecule has 2 saturated heterocycles. The van der Waals surface area contributed by atoms with Crippen LogP contribution < -0.4 is 0 Å². The molecule has 3 aromatic carbocycles. The second-order valence-electron chi connectivity index (χ2n) is 8.22. The van der Waals surface area contributed by atoms with Crippen molar-refractivity contribution in [1.29, 1.82) is 0 Å². The molecule has 0 N–H and O–H groups in total. The van der Waals surface area contributed by atoms with Crippen LogP contribution in [-0.4, -0.2) is 35.1 Å². The second-order valence-corrected chi connectivity index (χ2v) is 9.45. The highest BCUT2D eigenvalue weighted by atomic mass is 127. The van der Waals surface area contributed by atoms with Crippen molar-refractivity contribution in [2.24, 2.45) is 0 Å². The molecule has 3 aromatic rings. The van der Waals surface area contributed by atoms with Crippen LogP contribution in [0.3, 0.4) is 0 Å². The number of rotatable bonds is 7. The van der Waals surface area contributed by atoms with Crippen molar-refractivity contribution in [2.75, 3.05) is 6.61 Å². The fourth-order valence-corrected chi connectivity index (χ4v) is 5.21. The summed E-state index contributed by atoms with van der Waals surface area (Å²) in [5.41, 5.74) is 3.20. The Labute approximate surface area is 208 Å². The van der Waals surface area contributed by atoms with Crippen LogP contribution >= 0.6 is 22.6 Å². The highest BCUT2D eigenvalue weighted by Gasteiger charge is 2.50. The smallest absolute Gasteiger partial charge is 0.184 e. The molecular formula is C27H27IO5. The van der Waals surface area contributed by atoms with E-state index in [9.17, 15) is 0 Å². The normalized spacial score (nSPS) is 29.4. The predicted octanol–water partition coefficient (Wildman–Crippen LogP) is 5.43. The summed E-state index contributed by atoms with van der Waals surface area (Å²) in [6.45, 7) is 1.40. The minimum atomic E-state index is -0.459. The molecule has 0 radical (unpaired) electrons. The van der Waals surface area contributed by atoms with Crippen LogP contribution in [0, 0.1) is 0 Å². The number of benzene rings is 3. The Balaban J connectivity index is 1.36. The molecule has 5 nitrogen and oxygen atoms in total. The lowest BCUT2D eigenvalue weighted by Gasteiger charge is -2.48. The van der Waals surface area contributed by atoms with Crippen LogP contribution in [0.4, 0.5) is 0 Å². The third-order valence-corrected chi connectivity index (χ3v) is 6.91. The number of halogens is 1. The first-order valence-electron chi connectivity index (χ1n) is 11.2. The van der Waals surface area contributed by atoms with Crippen molar-refractivity contribution >= 4 is 22.6 Å². The van der Waals surface area contributed by atoms with E-state index < -0.39 is 6.29 Å². The summed E-state index contributed by atoms with van der Waals surface area (Å²) in [4.78, 5) is 0. The zero-order chi connectivity index (χ0) is 22.5. The van der Waals surface area contributed by atoms with Gasteiger partial charge < -0.3 is 23.7 Å². The molecule has 6 atom stereocenters. The highest BCUT2D eigenvalue weighted by molar-refractivity contribution is 14.1. The number of ether oxygens (including phenoxy) is 5. The number of hydrogen-bond acceptors (Lipinski definition) is 5. The quantitative estimate of drug-likeness (QED) is 0.286. The van der Waals surface area contributed by atoms with Crippen molar-refractivity contribution in [1.82, 2.24) is 0 Å². The standard InChI is InChI=1S/C27H27IO5/c28-26-25(30-17-20-12-6-2-7-13-20)24(29-16-19-10-4-1-5-11-19)23-22(32-26)18-31-27(33-23)21-14-8-3-9-15-21/h1-15,22-27H,16-18H2/t22-,23-,24+,25-,26-,27?/m1/s1. The summed E-state index contributed by atoms with van der Waals surface area (Å²) in [6, 6.07) is 30.3. The SMILES string of the molecule is I[C@@H]1O[C@@H]2COC(c3ccccc3)O[C@H]2[C@H](OCc2ccccc2)[C@H]1OCc1ccccc1. The van der Waals surface area contributed by atoms with Gasteiger partial charge in [0.1, 0.15) is 28.5 Å². The summed E-state index contributed by atoms with van der Waals surface area (Å²) < 4.78 is 31.5. The molecule has 2 heterocycles. The van der Waals surface area contributed by atoms with Gasteiger partial charge in [-0.3, -0.25) is 0 Å². The largest absolute Gasteiger partial charge is 0.368 e. The van der Waals surface area contributed by atoms with E-state index in [0.717, 1.165) is 16.7 Å². The van der Waals surface area contributed by atoms with E-state index in [2.05, 4.69) is 46.9 Å². The maximum absolute atomic E-state index is 6.50. The second kappa shape index (κ2) is 11.1. The van der Waals surface area contributed by atoms with Crippen LogP contribution in [0.5, 0.6) is 0 Å². The fourth-order valence-electron chi connectivity index (χ4n) is 4.21. The lowest BCUT2D eigenvalue weighted by molar-refractivity contribution is -0.327. The molecule has 2 aliphatic rings. The summed E-state index contributed by atoms with van der Waals surface area (Å²) in [7, 11) is 0. The molecule has 172 valence electrons. The zero-order valence-electron chi connectivity index (χ0n) is 18.2. The third kappa shape index (κ3) is 5.65. The topological polar surface area (TPSA) is 46.2 Å². The molecule has 0 amide bonds. The molecule has 0 saturated carbocycles. The zero-order valence-corrected chi connectivity index (χ0v) is 20.3. The van der Waals surface area contributed by atoms with Gasteiger partial charge in [0.25, 0.3) is 0 Å². The Morgan fingerprint density at radius 1 is 0.697 bits per heavy atom. The monoisotopic (exact) mass is 558 g/mol. The maximum atomic E-state index is 6.50. The minimum absolute atomic E-state index is 0.186. The van der Waals surface area contributed by atoms with Crippen LogP contribution in [0.1, 0.15) is 23.0 Å². The molecule has 0 bridgehead atoms. The molecule has 6 heteroatoms. The van der Waals surface area contributed by atoms with E-state index in [-0.39, 0.29) is 28.5 Å². The van der Waals surface area contributed by atoms with Crippen molar-refractivity contribution in [3.05, 3.63) is 108 Å². The fraction of sp³-hybridized carbons (Fsp3) is 0.333. The summed E-state index contributed by atoms with van der Waals surface area (Å²) in [6.07, 6.45) is -1.57. The van der Waals surface area contributed by atoms with Crippen LogP contribution in [0.25, 0.3) is 0 Å². The predicted molar refractivity (Wildman–Crippen MR) is 133 cm³/mol. The van der Waals surface area contributed by atoms with Gasteiger partial charge >= 0.3 is 0 Å². The Hall–Kier alpha value is -1.81. The van der Waals surface area contributed by atoms with E-state index in [1.165, 1.54) is 0 Å². The average Bonchev–Trinajstić information content (AvgIpc) is 2.88. The van der Waals surface area contributed by atoms with Gasteiger partial charge in [-0.2, -0.15) is 0 Å². The van der Waals surface area contributed by atoms with Crippen molar-refractivity contribution in [2.45, 2.75) is 48.0 Å². The highest BCUT2D eigenvalue weighted by Crippen LogP contribution is 2.38. The average molecular weight is 558 g/mol. The van der Waals surface area contributed by atoms with Crippen LogP contribution in [-0.2, 0) is 36.9 Å². The number of alkyl halides is 1. The van der Waals surface area contributed by atoms with Gasteiger partial charge in [-0.05, 0) is 33.7 Å². The van der Waals surface area contributed by atoms with Crippen LogP contribution in [0.2, 0.25) is 0 Å².